The molecule has 0 bridgehead atoms. The lowest BCUT2D eigenvalue weighted by Gasteiger charge is -2.17. The highest BCUT2D eigenvalue weighted by Crippen LogP contribution is 2.34. The molecule has 3 rings (SSSR count). The molecule has 3 heteroatoms. The molecule has 3 nitrogen and oxygen atoms in total. The second-order valence-electron chi connectivity index (χ2n) is 6.52. The Morgan fingerprint density at radius 3 is 2.23 bits per heavy atom. The monoisotopic (exact) mass is 348 g/mol. The molecular formula is C23H24O3. The highest BCUT2D eigenvalue weighted by Gasteiger charge is 2.21. The molecule has 26 heavy (non-hydrogen) atoms. The van der Waals surface area contributed by atoms with Gasteiger partial charge in [0.05, 0.1) is 14.2 Å². The molecular weight excluding hydrogens is 324 g/mol. The number of para-hydroxylation sites is 1. The predicted octanol–water partition coefficient (Wildman–Crippen LogP) is 5.23. The van der Waals surface area contributed by atoms with E-state index in [0.29, 0.717) is 11.5 Å². The van der Waals surface area contributed by atoms with Crippen molar-refractivity contribution in [3.63, 3.8) is 0 Å². The molecule has 1 fully saturated rings. The maximum Gasteiger partial charge on any atom is 0.185 e. The summed E-state index contributed by atoms with van der Waals surface area (Å²) < 4.78 is 10.8. The van der Waals surface area contributed by atoms with Crippen molar-refractivity contribution in [1.82, 2.24) is 0 Å². The average Bonchev–Trinajstić information content (AvgIpc) is 2.66. The van der Waals surface area contributed by atoms with Crippen LogP contribution in [0, 0.1) is 6.92 Å². The molecule has 0 amide bonds. The van der Waals surface area contributed by atoms with Gasteiger partial charge in [-0.2, -0.15) is 0 Å². The number of ketones is 1. The van der Waals surface area contributed by atoms with Crippen LogP contribution in [0.4, 0.5) is 0 Å². The van der Waals surface area contributed by atoms with Crippen LogP contribution >= 0.6 is 0 Å². The lowest BCUT2D eigenvalue weighted by Crippen LogP contribution is -2.12. The van der Waals surface area contributed by atoms with E-state index >= 15 is 0 Å². The third kappa shape index (κ3) is 3.88. The Hall–Kier alpha value is -2.81. The maximum absolute atomic E-state index is 12.9. The molecule has 0 aromatic heterocycles. The van der Waals surface area contributed by atoms with Crippen LogP contribution in [-0.4, -0.2) is 20.0 Å². The van der Waals surface area contributed by atoms with E-state index in [0.717, 1.165) is 41.5 Å². The van der Waals surface area contributed by atoms with Crippen LogP contribution in [0.15, 0.2) is 53.6 Å². The molecule has 0 radical (unpaired) electrons. The molecule has 0 aliphatic heterocycles. The van der Waals surface area contributed by atoms with Gasteiger partial charge in [-0.1, -0.05) is 42.0 Å². The van der Waals surface area contributed by atoms with Gasteiger partial charge in [-0.25, -0.2) is 0 Å². The number of hydrogen-bond donors (Lipinski definition) is 0. The van der Waals surface area contributed by atoms with Crippen molar-refractivity contribution in [3.05, 3.63) is 70.3 Å². The number of rotatable bonds is 4. The van der Waals surface area contributed by atoms with E-state index < -0.39 is 0 Å². The molecule has 0 unspecified atom stereocenters. The molecule has 1 saturated carbocycles. The van der Waals surface area contributed by atoms with Crippen LogP contribution in [0.5, 0.6) is 11.5 Å². The van der Waals surface area contributed by atoms with Crippen LogP contribution < -0.4 is 9.47 Å². The Morgan fingerprint density at radius 1 is 0.885 bits per heavy atom. The van der Waals surface area contributed by atoms with Gasteiger partial charge in [0.15, 0.2) is 17.3 Å². The van der Waals surface area contributed by atoms with Crippen LogP contribution in [-0.2, 0) is 4.79 Å². The Kier molecular flexibility index (Phi) is 5.57. The fourth-order valence-electron chi connectivity index (χ4n) is 3.26. The number of methoxy groups -OCH3 is 2. The Balaban J connectivity index is 1.93. The van der Waals surface area contributed by atoms with Crippen LogP contribution in [0.3, 0.4) is 0 Å². The molecule has 2 aromatic rings. The average molecular weight is 348 g/mol. The summed E-state index contributed by atoms with van der Waals surface area (Å²) in [6.07, 6.45) is 6.52. The first-order valence-corrected chi connectivity index (χ1v) is 8.86. The quantitative estimate of drug-likeness (QED) is 0.710. The van der Waals surface area contributed by atoms with E-state index in [1.54, 1.807) is 14.2 Å². The number of aryl methyl sites for hydroxylation is 1. The van der Waals surface area contributed by atoms with Gasteiger partial charge in [0, 0.05) is 16.7 Å². The normalized spacial score (nSPS) is 17.6. The molecule has 0 heterocycles. The maximum atomic E-state index is 12.9. The zero-order valence-corrected chi connectivity index (χ0v) is 15.5. The van der Waals surface area contributed by atoms with Crippen molar-refractivity contribution >= 4 is 17.9 Å². The van der Waals surface area contributed by atoms with E-state index in [1.165, 1.54) is 5.56 Å². The summed E-state index contributed by atoms with van der Waals surface area (Å²) in [5.41, 5.74) is 4.84. The van der Waals surface area contributed by atoms with Crippen molar-refractivity contribution in [2.45, 2.75) is 26.2 Å². The summed E-state index contributed by atoms with van der Waals surface area (Å²) >= 11 is 0. The van der Waals surface area contributed by atoms with E-state index in [1.807, 2.05) is 30.4 Å². The third-order valence-corrected chi connectivity index (χ3v) is 4.66. The standard InChI is InChI=1S/C23H24O3/c1-16-10-12-17(13-11-16)14-18-6-4-7-19(22(18)24)15-20-8-5-9-21(25-2)23(20)26-3/h5,8-15H,4,6-7H2,1-3H3/b18-14+,19-15+. The summed E-state index contributed by atoms with van der Waals surface area (Å²) in [7, 11) is 3.23. The van der Waals surface area contributed by atoms with Crippen LogP contribution in [0.25, 0.3) is 12.2 Å². The van der Waals surface area contributed by atoms with Gasteiger partial charge in [-0.05, 0) is 50.0 Å². The van der Waals surface area contributed by atoms with Crippen molar-refractivity contribution in [1.29, 1.82) is 0 Å². The van der Waals surface area contributed by atoms with Crippen molar-refractivity contribution in [2.75, 3.05) is 14.2 Å². The van der Waals surface area contributed by atoms with Crippen molar-refractivity contribution in [2.24, 2.45) is 0 Å². The minimum atomic E-state index is 0.127. The Bertz CT molecular complexity index is 858. The largest absolute Gasteiger partial charge is 0.493 e. The Labute approximate surface area is 155 Å². The number of carbonyl (C=O) groups is 1. The number of ether oxygens (including phenoxy) is 2. The van der Waals surface area contributed by atoms with Gasteiger partial charge < -0.3 is 9.47 Å². The summed E-state index contributed by atoms with van der Waals surface area (Å²) in [6.45, 7) is 2.06. The first-order valence-electron chi connectivity index (χ1n) is 8.86. The van der Waals surface area contributed by atoms with E-state index in [2.05, 4.69) is 31.2 Å². The number of benzene rings is 2. The van der Waals surface area contributed by atoms with Gasteiger partial charge in [0.25, 0.3) is 0 Å². The van der Waals surface area contributed by atoms with Gasteiger partial charge in [0.1, 0.15) is 0 Å². The molecule has 0 spiro atoms. The first kappa shape index (κ1) is 18.0. The number of hydrogen-bond acceptors (Lipinski definition) is 3. The minimum Gasteiger partial charge on any atom is -0.493 e. The molecule has 1 aliphatic carbocycles. The zero-order valence-electron chi connectivity index (χ0n) is 15.5. The second-order valence-corrected chi connectivity index (χ2v) is 6.52. The highest BCUT2D eigenvalue weighted by molar-refractivity contribution is 6.14. The molecule has 134 valence electrons. The number of allylic oxidation sites excluding steroid dienone is 2. The predicted molar refractivity (Wildman–Crippen MR) is 106 cm³/mol. The van der Waals surface area contributed by atoms with E-state index in [4.69, 9.17) is 9.47 Å². The molecule has 2 aromatic carbocycles. The topological polar surface area (TPSA) is 35.5 Å². The fourth-order valence-corrected chi connectivity index (χ4v) is 3.26. The molecule has 0 saturated heterocycles. The van der Waals surface area contributed by atoms with Crippen LogP contribution in [0.2, 0.25) is 0 Å². The molecule has 0 N–H and O–H groups in total. The SMILES string of the molecule is COc1cccc(/C=C2\CCC/C(=C\c3ccc(C)cc3)C2=O)c1OC. The zero-order chi connectivity index (χ0) is 18.5. The summed E-state index contributed by atoms with van der Waals surface area (Å²) in [4.78, 5) is 12.9. The van der Waals surface area contributed by atoms with Gasteiger partial charge in [-0.3, -0.25) is 4.79 Å². The summed E-state index contributed by atoms with van der Waals surface area (Å²) in [6, 6.07) is 13.9. The smallest absolute Gasteiger partial charge is 0.185 e. The van der Waals surface area contributed by atoms with Gasteiger partial charge in [0.2, 0.25) is 0 Å². The van der Waals surface area contributed by atoms with Crippen molar-refractivity contribution < 1.29 is 14.3 Å². The van der Waals surface area contributed by atoms with E-state index in [-0.39, 0.29) is 5.78 Å². The summed E-state index contributed by atoms with van der Waals surface area (Å²) in [5, 5.41) is 0. The summed E-state index contributed by atoms with van der Waals surface area (Å²) in [5.74, 6) is 1.45. The highest BCUT2D eigenvalue weighted by atomic mass is 16.5. The van der Waals surface area contributed by atoms with E-state index in [9.17, 15) is 4.79 Å². The number of carbonyl (C=O) groups excluding carboxylic acids is 1. The van der Waals surface area contributed by atoms with Crippen molar-refractivity contribution in [3.8, 4) is 11.5 Å². The van der Waals surface area contributed by atoms with Gasteiger partial charge >= 0.3 is 0 Å². The lowest BCUT2D eigenvalue weighted by molar-refractivity contribution is -0.112. The fraction of sp³-hybridized carbons (Fsp3) is 0.261. The molecule has 0 atom stereocenters. The molecule has 1 aliphatic rings. The third-order valence-electron chi connectivity index (χ3n) is 4.66. The van der Waals surface area contributed by atoms with Gasteiger partial charge in [-0.15, -0.1) is 0 Å². The lowest BCUT2D eigenvalue weighted by atomic mass is 9.86. The second kappa shape index (κ2) is 8.05. The number of Topliss-reactive ketones (excluding diaryl/α,β-unsaturated/α-hetero) is 1. The Morgan fingerprint density at radius 2 is 1.58 bits per heavy atom. The first-order chi connectivity index (χ1) is 12.6. The minimum absolute atomic E-state index is 0.127. The van der Waals surface area contributed by atoms with Crippen LogP contribution in [0.1, 0.15) is 36.0 Å².